The van der Waals surface area contributed by atoms with Crippen LogP contribution in [0.2, 0.25) is 0 Å². The molecule has 1 aromatic carbocycles. The minimum absolute atomic E-state index is 0. The lowest BCUT2D eigenvalue weighted by atomic mass is 9.88. The molecule has 9 N–H and O–H groups in total. The van der Waals surface area contributed by atoms with Gasteiger partial charge in [-0.2, -0.15) is 0 Å². The van der Waals surface area contributed by atoms with E-state index < -0.39 is 54.3 Å². The first-order chi connectivity index (χ1) is 11.9. The molecule has 1 saturated heterocycles. The molecule has 27 heavy (non-hydrogen) atoms. The molecule has 1 aliphatic rings. The zero-order valence-electron chi connectivity index (χ0n) is 13.8. The number of benzene rings is 1. The molecular weight excluding hydrogens is 368 g/mol. The van der Waals surface area contributed by atoms with Crippen molar-refractivity contribution in [3.63, 3.8) is 0 Å². The van der Waals surface area contributed by atoms with Crippen LogP contribution in [0.3, 0.4) is 0 Å². The van der Waals surface area contributed by atoms with Crippen molar-refractivity contribution in [1.29, 1.82) is 0 Å². The van der Waals surface area contributed by atoms with Crippen molar-refractivity contribution in [2.75, 3.05) is 6.61 Å². The minimum atomic E-state index is -1.72. The maximum atomic E-state index is 12.1. The van der Waals surface area contributed by atoms with Crippen molar-refractivity contribution in [2.45, 2.75) is 30.5 Å². The maximum absolute atomic E-state index is 12.1. The number of carboxylic acids is 1. The predicted molar refractivity (Wildman–Crippen MR) is 89.4 cm³/mol. The van der Waals surface area contributed by atoms with Gasteiger partial charge in [0.05, 0.1) is 6.61 Å². The Labute approximate surface area is 151 Å². The summed E-state index contributed by atoms with van der Waals surface area (Å²) in [5, 5.41) is 49.0. The Morgan fingerprint density at radius 1 is 1.04 bits per heavy atom. The van der Waals surface area contributed by atoms with E-state index in [1.165, 1.54) is 12.1 Å². The van der Waals surface area contributed by atoms with Gasteiger partial charge in [0.25, 0.3) is 0 Å². The summed E-state index contributed by atoms with van der Waals surface area (Å²) in [6, 6.07) is 6.06. The highest BCUT2D eigenvalue weighted by atomic mass is 16.5. The second kappa shape index (κ2) is 8.54. The highest BCUT2D eigenvalue weighted by molar-refractivity contribution is 5.95. The van der Waals surface area contributed by atoms with Crippen LogP contribution in [-0.4, -0.2) is 73.5 Å². The fourth-order valence-electron chi connectivity index (χ4n) is 3.01. The van der Waals surface area contributed by atoms with Gasteiger partial charge in [-0.05, 0) is 6.07 Å². The summed E-state index contributed by atoms with van der Waals surface area (Å²) in [4.78, 5) is 23.7. The summed E-state index contributed by atoms with van der Waals surface area (Å²) in [6.07, 6.45) is -7.73. The van der Waals surface area contributed by atoms with Gasteiger partial charge in [0.15, 0.2) is 5.56 Å². The van der Waals surface area contributed by atoms with Crippen molar-refractivity contribution < 1.29 is 50.4 Å². The van der Waals surface area contributed by atoms with Gasteiger partial charge in [-0.3, -0.25) is 0 Å². The van der Waals surface area contributed by atoms with E-state index in [0.29, 0.717) is 0 Å². The standard InChI is InChI=1S/C16H16O9.2H2O/c17-5-8-11(18)12(19)13(20)14(24-8)9-6-3-1-2-4-7(6)25-16(23)10(9)15(21)22;;/h1-4,8,11-14,17-20H,5H2,(H,21,22);2*1H2/t8-,11+,12+,13-,14?;;/m1../s1. The van der Waals surface area contributed by atoms with Gasteiger partial charge in [-0.15, -0.1) is 0 Å². The van der Waals surface area contributed by atoms with Gasteiger partial charge >= 0.3 is 11.6 Å². The maximum Gasteiger partial charge on any atom is 0.351 e. The second-order valence-electron chi connectivity index (χ2n) is 5.73. The molecule has 11 nitrogen and oxygen atoms in total. The highest BCUT2D eigenvalue weighted by Gasteiger charge is 2.46. The van der Waals surface area contributed by atoms with Crippen molar-refractivity contribution in [3.8, 4) is 0 Å². The van der Waals surface area contributed by atoms with E-state index in [-0.39, 0.29) is 27.5 Å². The number of rotatable bonds is 3. The summed E-state index contributed by atoms with van der Waals surface area (Å²) in [7, 11) is 0. The van der Waals surface area contributed by atoms with Crippen LogP contribution in [0.15, 0.2) is 33.5 Å². The number of aliphatic hydroxyl groups is 4. The van der Waals surface area contributed by atoms with Gasteiger partial charge in [0.2, 0.25) is 0 Å². The van der Waals surface area contributed by atoms with Crippen LogP contribution < -0.4 is 5.63 Å². The molecule has 150 valence electrons. The van der Waals surface area contributed by atoms with E-state index in [0.717, 1.165) is 0 Å². The summed E-state index contributed by atoms with van der Waals surface area (Å²) in [5.41, 5.74) is -2.00. The lowest BCUT2D eigenvalue weighted by molar-refractivity contribution is -0.231. The second-order valence-corrected chi connectivity index (χ2v) is 5.73. The third-order valence-electron chi connectivity index (χ3n) is 4.24. The smallest absolute Gasteiger partial charge is 0.351 e. The van der Waals surface area contributed by atoms with E-state index in [4.69, 9.17) is 9.15 Å². The zero-order chi connectivity index (χ0) is 18.3. The third-order valence-corrected chi connectivity index (χ3v) is 4.24. The Bertz CT molecular complexity index is 859. The fourth-order valence-corrected chi connectivity index (χ4v) is 3.01. The summed E-state index contributed by atoms with van der Waals surface area (Å²) in [5.74, 6) is -1.59. The van der Waals surface area contributed by atoms with Gasteiger partial charge in [0, 0.05) is 10.9 Å². The van der Waals surface area contributed by atoms with Gasteiger partial charge in [-0.1, -0.05) is 18.2 Å². The number of hydrogen-bond acceptors (Lipinski definition) is 8. The molecule has 2 heterocycles. The number of ether oxygens (including phenoxy) is 1. The van der Waals surface area contributed by atoms with Crippen LogP contribution in [0, 0.1) is 0 Å². The monoisotopic (exact) mass is 388 g/mol. The van der Waals surface area contributed by atoms with Crippen LogP contribution >= 0.6 is 0 Å². The Balaban J connectivity index is 0.00000182. The van der Waals surface area contributed by atoms with Crippen molar-refractivity contribution in [2.24, 2.45) is 0 Å². The van der Waals surface area contributed by atoms with Crippen LogP contribution in [-0.2, 0) is 4.74 Å². The summed E-state index contributed by atoms with van der Waals surface area (Å²) in [6.45, 7) is -0.677. The molecule has 1 fully saturated rings. The first-order valence-corrected chi connectivity index (χ1v) is 7.46. The Morgan fingerprint density at radius 3 is 2.26 bits per heavy atom. The summed E-state index contributed by atoms with van der Waals surface area (Å²) < 4.78 is 10.4. The average molecular weight is 388 g/mol. The number of carboxylic acid groups (broad SMARTS) is 1. The molecule has 1 aromatic heterocycles. The Kier molecular flexibility index (Phi) is 7.17. The summed E-state index contributed by atoms with van der Waals surface area (Å²) >= 11 is 0. The molecule has 2 aromatic rings. The molecule has 0 aliphatic carbocycles. The quantitative estimate of drug-likeness (QED) is 0.346. The lowest BCUT2D eigenvalue weighted by Crippen LogP contribution is -2.55. The molecule has 0 amide bonds. The number of carbonyl (C=O) groups is 1. The first kappa shape index (κ1) is 22.7. The Morgan fingerprint density at radius 2 is 1.67 bits per heavy atom. The number of aliphatic hydroxyl groups excluding tert-OH is 4. The van der Waals surface area contributed by atoms with Crippen LogP contribution in [0.1, 0.15) is 22.0 Å². The number of aromatic carboxylic acids is 1. The third kappa shape index (κ3) is 3.70. The van der Waals surface area contributed by atoms with Gasteiger partial charge in [0.1, 0.15) is 36.1 Å². The molecule has 0 spiro atoms. The fraction of sp³-hybridized carbons (Fsp3) is 0.375. The van der Waals surface area contributed by atoms with Crippen LogP contribution in [0.5, 0.6) is 0 Å². The van der Waals surface area contributed by atoms with E-state index >= 15 is 0 Å². The van der Waals surface area contributed by atoms with E-state index in [2.05, 4.69) is 0 Å². The number of fused-ring (bicyclic) bond motifs is 1. The Hall–Kier alpha value is -2.38. The number of hydrogen-bond donors (Lipinski definition) is 5. The minimum Gasteiger partial charge on any atom is -0.477 e. The topological polar surface area (TPSA) is 221 Å². The predicted octanol–water partition coefficient (Wildman–Crippen LogP) is -2.64. The molecule has 11 heteroatoms. The van der Waals surface area contributed by atoms with E-state index in [1.807, 2.05) is 0 Å². The highest BCUT2D eigenvalue weighted by Crippen LogP contribution is 2.37. The largest absolute Gasteiger partial charge is 0.477 e. The molecule has 5 atom stereocenters. The lowest BCUT2D eigenvalue weighted by Gasteiger charge is -2.40. The van der Waals surface area contributed by atoms with E-state index in [1.54, 1.807) is 12.1 Å². The molecule has 1 unspecified atom stereocenters. The molecule has 0 radical (unpaired) electrons. The normalized spacial score (nSPS) is 27.5. The number of para-hydroxylation sites is 1. The van der Waals surface area contributed by atoms with Crippen molar-refractivity contribution >= 4 is 16.9 Å². The molecular formula is C16H20O11. The van der Waals surface area contributed by atoms with Gasteiger partial charge in [-0.25, -0.2) is 9.59 Å². The first-order valence-electron chi connectivity index (χ1n) is 7.46. The van der Waals surface area contributed by atoms with E-state index in [9.17, 15) is 35.1 Å². The average Bonchev–Trinajstić information content (AvgIpc) is 2.59. The molecule has 1 aliphatic heterocycles. The van der Waals surface area contributed by atoms with Gasteiger partial charge < -0.3 is 45.6 Å². The van der Waals surface area contributed by atoms with Crippen molar-refractivity contribution in [1.82, 2.24) is 0 Å². The zero-order valence-corrected chi connectivity index (χ0v) is 13.8. The molecule has 3 rings (SSSR count). The van der Waals surface area contributed by atoms with Crippen LogP contribution in [0.4, 0.5) is 0 Å². The SMILES string of the molecule is O.O.O=C(O)c1c(C2O[C@H](CO)[C@H](O)[C@H](O)[C@H]2O)c2ccccc2oc1=O. The van der Waals surface area contributed by atoms with Crippen LogP contribution in [0.25, 0.3) is 11.0 Å². The molecule has 0 saturated carbocycles. The molecule has 0 bridgehead atoms. The van der Waals surface area contributed by atoms with Crippen molar-refractivity contribution in [3.05, 3.63) is 45.8 Å².